The van der Waals surface area contributed by atoms with Crippen molar-refractivity contribution in [1.82, 2.24) is 20.9 Å². The van der Waals surface area contributed by atoms with Crippen LogP contribution in [0.25, 0.3) is 0 Å². The van der Waals surface area contributed by atoms with E-state index in [2.05, 4.69) is 36.6 Å². The maximum Gasteiger partial charge on any atom is 0.306 e. The Morgan fingerprint density at radius 2 is 1.02 bits per heavy atom. The van der Waals surface area contributed by atoms with E-state index < -0.39 is 0 Å². The highest BCUT2D eigenvalue weighted by Gasteiger charge is 2.15. The van der Waals surface area contributed by atoms with Crippen LogP contribution in [-0.2, 0) is 19.1 Å². The van der Waals surface area contributed by atoms with Gasteiger partial charge < -0.3 is 24.9 Å². The van der Waals surface area contributed by atoms with Gasteiger partial charge in [0.1, 0.15) is 6.10 Å². The number of aliphatic hydroxyl groups excluding tert-OH is 1. The van der Waals surface area contributed by atoms with Crippen molar-refractivity contribution >= 4 is 11.9 Å². The Bertz CT molecular complexity index is 919. The van der Waals surface area contributed by atoms with E-state index >= 15 is 0 Å². The minimum atomic E-state index is -0.0259. The van der Waals surface area contributed by atoms with Gasteiger partial charge in [0.05, 0.1) is 18.9 Å². The maximum atomic E-state index is 12.8. The minimum Gasteiger partial charge on any atom is -0.466 e. The Kier molecular flexibility index (Phi) is 38.2. The molecule has 1 heterocycles. The number of hydrazine groups is 2. The first-order valence-corrected chi connectivity index (χ1v) is 24.7. The fourth-order valence-corrected chi connectivity index (χ4v) is 7.80. The van der Waals surface area contributed by atoms with Crippen molar-refractivity contribution in [3.8, 4) is 0 Å². The van der Waals surface area contributed by atoms with Crippen LogP contribution >= 0.6 is 0 Å². The number of aliphatic hydroxyl groups is 1. The Labute approximate surface area is 352 Å². The number of rotatable bonds is 44. The lowest BCUT2D eigenvalue weighted by Crippen LogP contribution is -2.38. The Morgan fingerprint density at radius 1 is 0.579 bits per heavy atom. The van der Waals surface area contributed by atoms with E-state index in [1.807, 2.05) is 11.2 Å². The number of carbonyl (C=O) groups is 2. The quantitative estimate of drug-likeness (QED) is 0.0410. The largest absolute Gasteiger partial charge is 0.466 e. The molecule has 0 atom stereocenters. The zero-order chi connectivity index (χ0) is 41.3. The molecule has 0 saturated carbocycles. The second-order valence-electron chi connectivity index (χ2n) is 17.0. The summed E-state index contributed by atoms with van der Waals surface area (Å²) in [7, 11) is 0. The lowest BCUT2D eigenvalue weighted by atomic mass is 10.0. The van der Waals surface area contributed by atoms with Crippen molar-refractivity contribution in [3.05, 3.63) is 11.9 Å². The first kappa shape index (κ1) is 53.2. The van der Waals surface area contributed by atoms with Crippen molar-refractivity contribution in [2.45, 2.75) is 245 Å². The number of nitrogens with zero attached hydrogens (tertiary/aromatic N) is 2. The number of hydrogen-bond donors (Lipinski definition) is 3. The third-order valence-electron chi connectivity index (χ3n) is 11.5. The van der Waals surface area contributed by atoms with Crippen LogP contribution in [0.1, 0.15) is 239 Å². The van der Waals surface area contributed by atoms with Gasteiger partial charge in [-0.1, -0.05) is 162 Å². The van der Waals surface area contributed by atoms with Gasteiger partial charge in [-0.05, 0) is 83.8 Å². The second kappa shape index (κ2) is 40.9. The molecule has 0 amide bonds. The zero-order valence-corrected chi connectivity index (χ0v) is 37.9. The van der Waals surface area contributed by atoms with Gasteiger partial charge in [-0.25, -0.2) is 0 Å². The summed E-state index contributed by atoms with van der Waals surface area (Å²) in [5, 5.41) is 11.4. The average molecular weight is 807 g/mol. The molecule has 1 aliphatic rings. The number of ether oxygens (including phenoxy) is 2. The highest BCUT2D eigenvalue weighted by atomic mass is 16.5. The summed E-state index contributed by atoms with van der Waals surface area (Å²) in [6.45, 7) is 11.5. The van der Waals surface area contributed by atoms with Gasteiger partial charge in [0, 0.05) is 25.6 Å². The molecule has 0 aromatic heterocycles. The van der Waals surface area contributed by atoms with Crippen LogP contribution in [0.3, 0.4) is 0 Å². The van der Waals surface area contributed by atoms with E-state index in [1.54, 1.807) is 0 Å². The molecule has 9 nitrogen and oxygen atoms in total. The normalized spacial score (nSPS) is 12.8. The Morgan fingerprint density at radius 3 is 1.53 bits per heavy atom. The number of hydrogen-bond acceptors (Lipinski definition) is 9. The third-order valence-corrected chi connectivity index (χ3v) is 11.5. The predicted molar refractivity (Wildman–Crippen MR) is 239 cm³/mol. The van der Waals surface area contributed by atoms with Gasteiger partial charge in [0.2, 0.25) is 0 Å². The number of esters is 2. The van der Waals surface area contributed by atoms with E-state index in [1.165, 1.54) is 148 Å². The molecule has 9 heteroatoms. The van der Waals surface area contributed by atoms with Crippen LogP contribution in [0.2, 0.25) is 0 Å². The predicted octanol–water partition coefficient (Wildman–Crippen LogP) is 12.2. The third kappa shape index (κ3) is 34.7. The monoisotopic (exact) mass is 807 g/mol. The molecule has 57 heavy (non-hydrogen) atoms. The summed E-state index contributed by atoms with van der Waals surface area (Å²) in [4.78, 5) is 27.6. The van der Waals surface area contributed by atoms with E-state index in [4.69, 9.17) is 9.47 Å². The molecule has 0 unspecified atom stereocenters. The molecule has 0 aliphatic carbocycles. The number of nitrogens with one attached hydrogen (secondary N) is 2. The molecule has 0 bridgehead atoms. The topological polar surface area (TPSA) is 103 Å². The molecule has 0 aromatic carbocycles. The maximum absolute atomic E-state index is 12.8. The van der Waals surface area contributed by atoms with E-state index in [9.17, 15) is 14.7 Å². The first-order valence-electron chi connectivity index (χ1n) is 24.7. The second-order valence-corrected chi connectivity index (χ2v) is 17.0. The summed E-state index contributed by atoms with van der Waals surface area (Å²) >= 11 is 0. The SMILES string of the molecule is CCCCCCCCCOC(=O)CCCCCCCN(CCCCCCCC(=O)OC(CCCCCCCC)CCCCCCCC)CCCN1C=C(CO)NN1. The van der Waals surface area contributed by atoms with E-state index in [0.29, 0.717) is 19.4 Å². The molecular weight excluding hydrogens is 713 g/mol. The lowest BCUT2D eigenvalue weighted by Gasteiger charge is -2.24. The molecule has 0 fully saturated rings. The van der Waals surface area contributed by atoms with Crippen LogP contribution in [0.5, 0.6) is 0 Å². The molecule has 0 saturated heterocycles. The summed E-state index contributed by atoms with van der Waals surface area (Å²) in [6.07, 6.45) is 41.4. The van der Waals surface area contributed by atoms with Crippen LogP contribution < -0.4 is 11.0 Å². The van der Waals surface area contributed by atoms with Gasteiger partial charge in [0.25, 0.3) is 0 Å². The van der Waals surface area contributed by atoms with Gasteiger partial charge in [-0.3, -0.25) is 14.6 Å². The Hall–Kier alpha value is -1.84. The zero-order valence-electron chi connectivity index (χ0n) is 37.9. The first-order chi connectivity index (χ1) is 28.0. The molecule has 0 radical (unpaired) electrons. The van der Waals surface area contributed by atoms with Crippen molar-refractivity contribution < 1.29 is 24.2 Å². The van der Waals surface area contributed by atoms with Crippen LogP contribution in [0.15, 0.2) is 11.9 Å². The number of unbranched alkanes of at least 4 members (excludes halogenated alkanes) is 24. The summed E-state index contributed by atoms with van der Waals surface area (Å²) < 4.78 is 11.5. The van der Waals surface area contributed by atoms with Crippen LogP contribution in [-0.4, -0.2) is 72.5 Å². The van der Waals surface area contributed by atoms with E-state index in [0.717, 1.165) is 89.7 Å². The fourth-order valence-electron chi connectivity index (χ4n) is 7.80. The van der Waals surface area contributed by atoms with Crippen LogP contribution in [0, 0.1) is 0 Å². The Balaban J connectivity index is 2.29. The summed E-state index contributed by atoms with van der Waals surface area (Å²) in [5.74, 6) is -0.00694. The van der Waals surface area contributed by atoms with Gasteiger partial charge in [-0.2, -0.15) is 0 Å². The molecule has 3 N–H and O–H groups in total. The van der Waals surface area contributed by atoms with Crippen molar-refractivity contribution in [1.29, 1.82) is 0 Å². The highest BCUT2D eigenvalue weighted by Crippen LogP contribution is 2.19. The number of carbonyl (C=O) groups excluding carboxylic acids is 2. The molecular formula is C48H94N4O5. The van der Waals surface area contributed by atoms with Gasteiger partial charge >= 0.3 is 11.9 Å². The molecule has 336 valence electrons. The molecule has 1 rings (SSSR count). The molecule has 0 spiro atoms. The molecule has 1 aliphatic heterocycles. The van der Waals surface area contributed by atoms with Crippen molar-refractivity contribution in [2.24, 2.45) is 0 Å². The highest BCUT2D eigenvalue weighted by molar-refractivity contribution is 5.69. The van der Waals surface area contributed by atoms with Gasteiger partial charge in [0.15, 0.2) is 0 Å². The van der Waals surface area contributed by atoms with Crippen LogP contribution in [0.4, 0.5) is 0 Å². The van der Waals surface area contributed by atoms with Crippen molar-refractivity contribution in [2.75, 3.05) is 39.4 Å². The minimum absolute atomic E-state index is 0.0102. The van der Waals surface area contributed by atoms with Crippen molar-refractivity contribution in [3.63, 3.8) is 0 Å². The average Bonchev–Trinajstić information content (AvgIpc) is 3.68. The van der Waals surface area contributed by atoms with Gasteiger partial charge in [-0.15, -0.1) is 5.53 Å². The smallest absolute Gasteiger partial charge is 0.306 e. The summed E-state index contributed by atoms with van der Waals surface area (Å²) in [5.41, 5.74) is 6.91. The lowest BCUT2D eigenvalue weighted by molar-refractivity contribution is -0.150. The summed E-state index contributed by atoms with van der Waals surface area (Å²) in [6, 6.07) is 0. The molecule has 0 aromatic rings. The fraction of sp³-hybridized carbons (Fsp3) is 0.917. The van der Waals surface area contributed by atoms with E-state index in [-0.39, 0.29) is 24.6 Å². The standard InChI is InChI=1S/C48H94N4O5/c1-4-7-10-13-16-25-32-42-56-47(54)36-28-21-17-23-30-38-51(40-33-41-52-43-45(44-53)49-50-52)39-31-24-18-22-29-37-48(55)57-46(34-26-19-14-11-8-5-2)35-27-20-15-12-9-6-3/h43,46,49-50,53H,4-42,44H2,1-3H3.